The predicted octanol–water partition coefficient (Wildman–Crippen LogP) is 5.20. The first-order valence-electron chi connectivity index (χ1n) is 9.73. The Bertz CT molecular complexity index is 844. The molecule has 1 amide bonds. The van der Waals surface area contributed by atoms with E-state index < -0.39 is 5.54 Å². The predicted molar refractivity (Wildman–Crippen MR) is 107 cm³/mol. The summed E-state index contributed by atoms with van der Waals surface area (Å²) in [6.45, 7) is 0.331. The summed E-state index contributed by atoms with van der Waals surface area (Å²) < 4.78 is 5.77. The van der Waals surface area contributed by atoms with E-state index >= 15 is 0 Å². The van der Waals surface area contributed by atoms with Gasteiger partial charge >= 0.3 is 6.09 Å². The molecule has 27 heavy (non-hydrogen) atoms. The van der Waals surface area contributed by atoms with Gasteiger partial charge in [-0.3, -0.25) is 4.90 Å². The van der Waals surface area contributed by atoms with Crippen LogP contribution in [0.4, 0.5) is 4.79 Å². The highest BCUT2D eigenvalue weighted by molar-refractivity contribution is 5.79. The van der Waals surface area contributed by atoms with Crippen LogP contribution in [0.15, 0.2) is 48.5 Å². The summed E-state index contributed by atoms with van der Waals surface area (Å²) in [5, 5.41) is 0. The van der Waals surface area contributed by atoms with Crippen molar-refractivity contribution in [1.82, 2.24) is 4.90 Å². The second-order valence-electron chi connectivity index (χ2n) is 7.60. The van der Waals surface area contributed by atoms with Gasteiger partial charge in [0.05, 0.1) is 0 Å². The molecule has 0 N–H and O–H groups in total. The van der Waals surface area contributed by atoms with Crippen LogP contribution in [-0.2, 0) is 4.74 Å². The van der Waals surface area contributed by atoms with E-state index in [-0.39, 0.29) is 12.0 Å². The topological polar surface area (TPSA) is 29.5 Å². The maximum atomic E-state index is 12.8. The molecule has 138 valence electrons. The van der Waals surface area contributed by atoms with Gasteiger partial charge in [0.25, 0.3) is 0 Å². The van der Waals surface area contributed by atoms with Crippen LogP contribution in [-0.4, -0.2) is 30.2 Å². The number of carbonyl (C=O) groups excluding carboxylic acids is 1. The molecule has 1 saturated carbocycles. The average Bonchev–Trinajstić information content (AvgIpc) is 3.06. The third-order valence-corrected chi connectivity index (χ3v) is 6.20. The number of hydrogen-bond acceptors (Lipinski definition) is 2. The quantitative estimate of drug-likeness (QED) is 0.705. The molecule has 0 heterocycles. The zero-order valence-corrected chi connectivity index (χ0v) is 15.8. The number of fused-ring (bicyclic) bond motifs is 3. The normalized spacial score (nSPS) is 17.5. The molecule has 0 unspecified atom stereocenters. The zero-order valence-electron chi connectivity index (χ0n) is 15.8. The molecule has 2 aliphatic rings. The number of amides is 1. The fraction of sp³-hybridized carbons (Fsp3) is 0.375. The summed E-state index contributed by atoms with van der Waals surface area (Å²) >= 11 is 0. The average molecular weight is 359 g/mol. The summed E-state index contributed by atoms with van der Waals surface area (Å²) in [5.74, 6) is 2.95. The minimum atomic E-state index is -0.499. The van der Waals surface area contributed by atoms with Gasteiger partial charge in [-0.05, 0) is 35.1 Å². The lowest BCUT2D eigenvalue weighted by Crippen LogP contribution is -2.50. The van der Waals surface area contributed by atoms with Gasteiger partial charge in [0.15, 0.2) is 0 Å². The van der Waals surface area contributed by atoms with E-state index in [2.05, 4.69) is 42.3 Å². The van der Waals surface area contributed by atoms with Crippen LogP contribution in [0.5, 0.6) is 0 Å². The Balaban J connectivity index is 1.52. The van der Waals surface area contributed by atoms with Crippen LogP contribution in [0.3, 0.4) is 0 Å². The second kappa shape index (κ2) is 7.12. The molecule has 0 saturated heterocycles. The van der Waals surface area contributed by atoms with E-state index in [1.165, 1.54) is 28.7 Å². The molecular formula is C24H25NO2. The minimum absolute atomic E-state index is 0.0721. The summed E-state index contributed by atoms with van der Waals surface area (Å²) in [4.78, 5) is 14.4. The molecule has 2 aromatic carbocycles. The van der Waals surface area contributed by atoms with Crippen molar-refractivity contribution in [3.05, 3.63) is 59.7 Å². The Morgan fingerprint density at radius 3 is 2.19 bits per heavy atom. The molecular weight excluding hydrogens is 334 g/mol. The van der Waals surface area contributed by atoms with Crippen LogP contribution in [0.1, 0.15) is 49.1 Å². The van der Waals surface area contributed by atoms with Gasteiger partial charge in [-0.2, -0.15) is 0 Å². The smallest absolute Gasteiger partial charge is 0.410 e. The number of terminal acetylenes is 1. The molecule has 2 aromatic rings. The number of hydrogen-bond donors (Lipinski definition) is 0. The lowest BCUT2D eigenvalue weighted by Gasteiger charge is -2.40. The van der Waals surface area contributed by atoms with Crippen LogP contribution >= 0.6 is 0 Å². The first kappa shape index (κ1) is 17.7. The molecule has 3 nitrogen and oxygen atoms in total. The largest absolute Gasteiger partial charge is 0.448 e. The van der Waals surface area contributed by atoms with Crippen molar-refractivity contribution >= 4 is 6.09 Å². The lowest BCUT2D eigenvalue weighted by molar-refractivity contribution is 0.0675. The van der Waals surface area contributed by atoms with Crippen LogP contribution in [0, 0.1) is 12.3 Å². The van der Waals surface area contributed by atoms with E-state index in [0.29, 0.717) is 6.61 Å². The molecule has 0 atom stereocenters. The lowest BCUT2D eigenvalue weighted by atomic mass is 9.81. The Hall–Kier alpha value is -2.73. The van der Waals surface area contributed by atoms with Crippen molar-refractivity contribution < 1.29 is 9.53 Å². The van der Waals surface area contributed by atoms with Gasteiger partial charge in [0.2, 0.25) is 0 Å². The van der Waals surface area contributed by atoms with Gasteiger partial charge in [-0.25, -0.2) is 4.79 Å². The maximum absolute atomic E-state index is 12.8. The van der Waals surface area contributed by atoms with Crippen LogP contribution in [0.25, 0.3) is 11.1 Å². The van der Waals surface area contributed by atoms with Crippen molar-refractivity contribution in [2.24, 2.45) is 0 Å². The third-order valence-electron chi connectivity index (χ3n) is 6.20. The number of ether oxygens (including phenoxy) is 1. The molecule has 1 fully saturated rings. The summed E-state index contributed by atoms with van der Waals surface area (Å²) in [6.07, 6.45) is 10.5. The van der Waals surface area contributed by atoms with Gasteiger partial charge in [-0.1, -0.05) is 73.7 Å². The maximum Gasteiger partial charge on any atom is 0.410 e. The van der Waals surface area contributed by atoms with Crippen molar-refractivity contribution in [2.75, 3.05) is 13.7 Å². The van der Waals surface area contributed by atoms with Crippen molar-refractivity contribution in [2.45, 2.75) is 43.6 Å². The fourth-order valence-corrected chi connectivity index (χ4v) is 4.58. The van der Waals surface area contributed by atoms with Crippen LogP contribution < -0.4 is 0 Å². The Morgan fingerprint density at radius 2 is 1.63 bits per heavy atom. The number of nitrogens with zero attached hydrogens (tertiary/aromatic N) is 1. The van der Waals surface area contributed by atoms with Gasteiger partial charge in [0, 0.05) is 13.0 Å². The molecule has 0 radical (unpaired) electrons. The summed E-state index contributed by atoms with van der Waals surface area (Å²) in [7, 11) is 1.78. The molecule has 0 aromatic heterocycles. The van der Waals surface area contributed by atoms with Crippen molar-refractivity contribution in [1.29, 1.82) is 0 Å². The summed E-state index contributed by atoms with van der Waals surface area (Å²) in [6, 6.07) is 16.7. The van der Waals surface area contributed by atoms with E-state index in [1.54, 1.807) is 11.9 Å². The van der Waals surface area contributed by atoms with Gasteiger partial charge in [0.1, 0.15) is 12.1 Å². The monoisotopic (exact) mass is 359 g/mol. The fourth-order valence-electron chi connectivity index (χ4n) is 4.58. The zero-order chi connectivity index (χ0) is 18.9. The van der Waals surface area contributed by atoms with Crippen molar-refractivity contribution in [3.8, 4) is 23.5 Å². The van der Waals surface area contributed by atoms with E-state index in [0.717, 1.165) is 25.7 Å². The second-order valence-corrected chi connectivity index (χ2v) is 7.60. The standard InChI is InChI=1S/C24H25NO2/c1-3-24(15-9-4-10-16-24)25(2)23(26)27-17-22-20-13-7-5-11-18(20)19-12-6-8-14-21(19)22/h1,5-8,11-14,22H,4,9-10,15-17H2,2H3. The number of rotatable bonds is 3. The minimum Gasteiger partial charge on any atom is -0.448 e. The molecule has 0 aliphatic heterocycles. The first-order valence-corrected chi connectivity index (χ1v) is 9.73. The highest BCUT2D eigenvalue weighted by Gasteiger charge is 2.38. The number of carbonyl (C=O) groups is 1. The molecule has 0 spiro atoms. The Labute approximate surface area is 161 Å². The van der Waals surface area contributed by atoms with E-state index in [4.69, 9.17) is 11.2 Å². The van der Waals surface area contributed by atoms with Gasteiger partial charge in [-0.15, -0.1) is 6.42 Å². The molecule has 4 rings (SSSR count). The highest BCUT2D eigenvalue weighted by Crippen LogP contribution is 2.44. The molecule has 0 bridgehead atoms. The summed E-state index contributed by atoms with van der Waals surface area (Å²) in [5.41, 5.74) is 4.41. The molecule has 3 heteroatoms. The Kier molecular flexibility index (Phi) is 4.66. The van der Waals surface area contributed by atoms with E-state index in [9.17, 15) is 4.79 Å². The SMILES string of the molecule is C#CC1(N(C)C(=O)OCC2c3ccccc3-c3ccccc32)CCCCC1. The number of benzene rings is 2. The van der Waals surface area contributed by atoms with Gasteiger partial charge < -0.3 is 4.74 Å². The van der Waals surface area contributed by atoms with Crippen molar-refractivity contribution in [3.63, 3.8) is 0 Å². The Morgan fingerprint density at radius 1 is 1.07 bits per heavy atom. The molecule has 2 aliphatic carbocycles. The van der Waals surface area contributed by atoms with Crippen LogP contribution in [0.2, 0.25) is 0 Å². The third kappa shape index (κ3) is 3.00. The van der Waals surface area contributed by atoms with E-state index in [1.807, 2.05) is 12.1 Å². The highest BCUT2D eigenvalue weighted by atomic mass is 16.6. The first-order chi connectivity index (χ1) is 13.2.